The molecule has 42 heavy (non-hydrogen) atoms. The first-order valence-corrected chi connectivity index (χ1v) is 16.1. The zero-order chi connectivity index (χ0) is 31.0. The molecule has 0 saturated heterocycles. The molecule has 0 radical (unpaired) electrons. The van der Waals surface area contributed by atoms with Crippen LogP contribution in [0.3, 0.4) is 0 Å². The molecule has 234 valence electrons. The molecule has 2 fully saturated rings. The van der Waals surface area contributed by atoms with E-state index in [1.54, 1.807) is 26.8 Å². The highest BCUT2D eigenvalue weighted by molar-refractivity contribution is 6.04. The molecule has 0 aromatic heterocycles. The van der Waals surface area contributed by atoms with Crippen molar-refractivity contribution >= 4 is 17.7 Å². The minimum atomic E-state index is -1.66. The minimum Gasteiger partial charge on any atom is -0.454 e. The Labute approximate surface area is 251 Å². The van der Waals surface area contributed by atoms with Gasteiger partial charge in [-0.3, -0.25) is 9.59 Å². The molecule has 0 amide bonds. The lowest BCUT2D eigenvalue weighted by Gasteiger charge is -2.47. The summed E-state index contributed by atoms with van der Waals surface area (Å²) >= 11 is 0. The first-order valence-electron chi connectivity index (χ1n) is 16.1. The molecular formula is C35H52O7. The molecule has 4 aliphatic carbocycles. The summed E-state index contributed by atoms with van der Waals surface area (Å²) in [5.74, 6) is -2.55. The molecule has 0 spiro atoms. The van der Waals surface area contributed by atoms with Gasteiger partial charge < -0.3 is 19.7 Å². The van der Waals surface area contributed by atoms with E-state index >= 15 is 0 Å². The molecule has 4 rings (SSSR count). The summed E-state index contributed by atoms with van der Waals surface area (Å²) in [6, 6.07) is 0. The highest BCUT2D eigenvalue weighted by atomic mass is 16.6. The largest absolute Gasteiger partial charge is 0.454 e. The van der Waals surface area contributed by atoms with Crippen LogP contribution in [0.25, 0.3) is 0 Å². The van der Waals surface area contributed by atoms with Crippen LogP contribution in [0.5, 0.6) is 0 Å². The minimum absolute atomic E-state index is 0.0564. The summed E-state index contributed by atoms with van der Waals surface area (Å²) in [4.78, 5) is 40.0. The van der Waals surface area contributed by atoms with Crippen molar-refractivity contribution in [1.29, 1.82) is 0 Å². The van der Waals surface area contributed by atoms with Gasteiger partial charge in [0.2, 0.25) is 0 Å². The van der Waals surface area contributed by atoms with Gasteiger partial charge in [-0.2, -0.15) is 0 Å². The number of hydrogen-bond donors (Lipinski definition) is 2. The lowest BCUT2D eigenvalue weighted by atomic mass is 9.62. The van der Waals surface area contributed by atoms with Crippen molar-refractivity contribution in [1.82, 2.24) is 0 Å². The topological polar surface area (TPSA) is 110 Å². The predicted molar refractivity (Wildman–Crippen MR) is 161 cm³/mol. The summed E-state index contributed by atoms with van der Waals surface area (Å²) < 4.78 is 12.7. The van der Waals surface area contributed by atoms with Crippen LogP contribution in [0.1, 0.15) is 106 Å². The number of aliphatic hydroxyl groups excluding tert-OH is 1. The van der Waals surface area contributed by atoms with Crippen molar-refractivity contribution < 1.29 is 34.1 Å². The number of esters is 2. The van der Waals surface area contributed by atoms with Crippen molar-refractivity contribution in [3.05, 3.63) is 34.9 Å². The number of carbonyl (C=O) groups is 3. The van der Waals surface area contributed by atoms with Gasteiger partial charge in [0.05, 0.1) is 6.61 Å². The van der Waals surface area contributed by atoms with Crippen LogP contribution in [0, 0.1) is 35.0 Å². The van der Waals surface area contributed by atoms with Gasteiger partial charge in [-0.1, -0.05) is 84.4 Å². The van der Waals surface area contributed by atoms with Crippen LogP contribution >= 0.6 is 0 Å². The highest BCUT2D eigenvalue weighted by Crippen LogP contribution is 2.76. The van der Waals surface area contributed by atoms with E-state index in [2.05, 4.69) is 20.8 Å². The molecular weight excluding hydrogens is 532 g/mol. The van der Waals surface area contributed by atoms with E-state index in [-0.39, 0.29) is 48.5 Å². The molecule has 0 bridgehead atoms. The van der Waals surface area contributed by atoms with E-state index in [4.69, 9.17) is 9.47 Å². The number of aliphatic hydroxyl groups is 2. The van der Waals surface area contributed by atoms with Crippen LogP contribution < -0.4 is 0 Å². The lowest BCUT2D eigenvalue weighted by Crippen LogP contribution is -2.56. The fraction of sp³-hybridized carbons (Fsp3) is 0.743. The van der Waals surface area contributed by atoms with Crippen molar-refractivity contribution in [2.75, 3.05) is 6.61 Å². The summed E-state index contributed by atoms with van der Waals surface area (Å²) in [5, 5.41) is 22.1. The Morgan fingerprint density at radius 3 is 2.36 bits per heavy atom. The zero-order valence-corrected chi connectivity index (χ0v) is 26.7. The van der Waals surface area contributed by atoms with Crippen LogP contribution in [0.2, 0.25) is 0 Å². The summed E-state index contributed by atoms with van der Waals surface area (Å²) in [6.45, 7) is 13.2. The normalized spacial score (nSPS) is 36.6. The van der Waals surface area contributed by atoms with Gasteiger partial charge in [-0.25, -0.2) is 4.79 Å². The fourth-order valence-corrected chi connectivity index (χ4v) is 8.68. The second-order valence-electron chi connectivity index (χ2n) is 13.9. The molecule has 2 N–H and O–H groups in total. The third-order valence-electron chi connectivity index (χ3n) is 11.0. The molecule has 2 saturated carbocycles. The standard InChI is InChI=1S/C35H52O7/c1-8-10-11-12-13-14-15-16-27(37)42-35-29(33(35,6)7)25-18-24(20-36)19-34(40)26(17-22(4)30(34)38)28(25)23(5)31(35)41-32(39)21(3)9-2/h9,17-18,23,25-26,28-29,31,36,40H,8,10-16,19-20H2,1-7H3/b21-9+/t23-,25+,26-,28?,29?,31+,34+,35+/m0/s1. The average molecular weight is 585 g/mol. The van der Waals surface area contributed by atoms with Gasteiger partial charge in [-0.05, 0) is 50.2 Å². The van der Waals surface area contributed by atoms with E-state index in [1.807, 2.05) is 19.1 Å². The van der Waals surface area contributed by atoms with Gasteiger partial charge in [0, 0.05) is 41.6 Å². The molecule has 0 aromatic rings. The molecule has 7 nitrogen and oxygen atoms in total. The van der Waals surface area contributed by atoms with Gasteiger partial charge in [0.15, 0.2) is 11.4 Å². The number of fused-ring (bicyclic) bond motifs is 5. The maximum Gasteiger partial charge on any atom is 0.333 e. The number of hydrogen-bond acceptors (Lipinski definition) is 7. The van der Waals surface area contributed by atoms with Crippen molar-refractivity contribution in [2.45, 2.75) is 124 Å². The van der Waals surface area contributed by atoms with E-state index in [0.29, 0.717) is 23.1 Å². The van der Waals surface area contributed by atoms with E-state index in [0.717, 1.165) is 19.3 Å². The summed E-state index contributed by atoms with van der Waals surface area (Å²) in [6.07, 6.45) is 12.9. The Hall–Kier alpha value is -2.25. The number of Topliss-reactive ketones (excluding diaryl/α,β-unsaturated/α-hetero) is 1. The fourth-order valence-electron chi connectivity index (χ4n) is 8.68. The number of carbonyl (C=O) groups excluding carboxylic acids is 3. The number of ketones is 1. The second-order valence-corrected chi connectivity index (χ2v) is 13.9. The SMILES string of the molecule is C/C=C(\C)C(=O)O[C@@H]1[C@@H](C)C2[C@@H](C=C(CO)C[C@]3(O)C(=O)C(C)=C[C@@H]23)C2C(C)(C)[C@@]21OC(=O)CCCCCCCCC. The summed E-state index contributed by atoms with van der Waals surface area (Å²) in [5.41, 5.74) is -1.64. The first kappa shape index (κ1) is 32.7. The van der Waals surface area contributed by atoms with Gasteiger partial charge in [-0.15, -0.1) is 0 Å². The van der Waals surface area contributed by atoms with Crippen molar-refractivity contribution in [2.24, 2.45) is 35.0 Å². The van der Waals surface area contributed by atoms with Crippen molar-refractivity contribution in [3.63, 3.8) is 0 Å². The van der Waals surface area contributed by atoms with Gasteiger partial charge in [0.25, 0.3) is 0 Å². The maximum absolute atomic E-state index is 13.4. The number of allylic oxidation sites excluding steroid dienone is 2. The number of rotatable bonds is 12. The van der Waals surface area contributed by atoms with E-state index in [9.17, 15) is 24.6 Å². The van der Waals surface area contributed by atoms with E-state index in [1.165, 1.54) is 25.7 Å². The Morgan fingerprint density at radius 1 is 1.10 bits per heavy atom. The molecule has 0 heterocycles. The third-order valence-corrected chi connectivity index (χ3v) is 11.0. The quantitative estimate of drug-likeness (QED) is 0.125. The van der Waals surface area contributed by atoms with Crippen molar-refractivity contribution in [3.8, 4) is 0 Å². The Kier molecular flexibility index (Phi) is 9.64. The summed E-state index contributed by atoms with van der Waals surface area (Å²) in [7, 11) is 0. The molecule has 8 atom stereocenters. The van der Waals surface area contributed by atoms with E-state index < -0.39 is 34.6 Å². The average Bonchev–Trinajstić information content (AvgIpc) is 3.40. The maximum atomic E-state index is 13.4. The first-order chi connectivity index (χ1) is 19.8. The van der Waals surface area contributed by atoms with Crippen LogP contribution in [0.15, 0.2) is 34.9 Å². The van der Waals surface area contributed by atoms with Crippen LogP contribution in [0.4, 0.5) is 0 Å². The Balaban J connectivity index is 1.68. The van der Waals surface area contributed by atoms with Crippen LogP contribution in [-0.4, -0.2) is 51.8 Å². The number of ether oxygens (including phenoxy) is 2. The zero-order valence-electron chi connectivity index (χ0n) is 26.7. The van der Waals surface area contributed by atoms with Crippen LogP contribution in [-0.2, 0) is 23.9 Å². The van der Waals surface area contributed by atoms with Gasteiger partial charge in [0.1, 0.15) is 11.7 Å². The Bertz CT molecular complexity index is 1160. The highest BCUT2D eigenvalue weighted by Gasteiger charge is 2.85. The third kappa shape index (κ3) is 5.34. The monoisotopic (exact) mass is 584 g/mol. The molecule has 2 unspecified atom stereocenters. The lowest BCUT2D eigenvalue weighted by molar-refractivity contribution is -0.192. The predicted octanol–water partition coefficient (Wildman–Crippen LogP) is 6.02. The smallest absolute Gasteiger partial charge is 0.333 e. The molecule has 4 aliphatic rings. The molecule has 0 aliphatic heterocycles. The molecule has 0 aromatic carbocycles. The Morgan fingerprint density at radius 2 is 1.74 bits per heavy atom. The second kappa shape index (κ2) is 12.4. The van der Waals surface area contributed by atoms with Gasteiger partial charge >= 0.3 is 11.9 Å². The molecule has 7 heteroatoms. The number of unbranched alkanes of at least 4 members (excludes halogenated alkanes) is 6.